The van der Waals surface area contributed by atoms with Crippen LogP contribution in [0.1, 0.15) is 79.6 Å². The number of hydrogen-bond donors (Lipinski definition) is 5. The zero-order valence-corrected chi connectivity index (χ0v) is 28.3. The first-order chi connectivity index (χ1) is 24.4. The number of carbonyl (C=O) groups is 3. The summed E-state index contributed by atoms with van der Waals surface area (Å²) in [5.74, 6) is -0.453. The van der Waals surface area contributed by atoms with Crippen molar-refractivity contribution in [3.05, 3.63) is 101 Å². The van der Waals surface area contributed by atoms with Gasteiger partial charge in [0.1, 0.15) is 5.54 Å². The van der Waals surface area contributed by atoms with Gasteiger partial charge in [0.15, 0.2) is 6.29 Å². The third-order valence-corrected chi connectivity index (χ3v) is 10.1. The molecule has 3 aliphatic heterocycles. The molecule has 0 unspecified atom stereocenters. The van der Waals surface area contributed by atoms with Crippen molar-refractivity contribution in [1.29, 1.82) is 0 Å². The fourth-order valence-electron chi connectivity index (χ4n) is 7.17. The highest BCUT2D eigenvalue weighted by Crippen LogP contribution is 2.40. The van der Waals surface area contributed by atoms with Crippen LogP contribution < -0.4 is 21.0 Å². The molecule has 6 rings (SSSR count). The maximum atomic E-state index is 13.2. The molecule has 3 amide bonds. The van der Waals surface area contributed by atoms with Gasteiger partial charge in [0.05, 0.1) is 25.5 Å². The SMILES string of the molecule is O=C(CCCCC(=O)NCc1ccc([C@@H]2O[C@H](CN3CCC4(CC3)C(=O)NCN4c3ccccc3)C[C@H](c3ccc(CO)cc3)O2)cc1)NO. The predicted molar refractivity (Wildman–Crippen MR) is 185 cm³/mol. The van der Waals surface area contributed by atoms with Gasteiger partial charge in [0, 0.05) is 56.7 Å². The number of hydrogen-bond acceptors (Lipinski definition) is 9. The molecule has 3 fully saturated rings. The molecule has 1 spiro atoms. The van der Waals surface area contributed by atoms with Crippen LogP contribution in [0, 0.1) is 0 Å². The van der Waals surface area contributed by atoms with Crippen LogP contribution in [0.5, 0.6) is 0 Å². The summed E-state index contributed by atoms with van der Waals surface area (Å²) in [6.07, 6.45) is 2.76. The van der Waals surface area contributed by atoms with E-state index in [1.54, 1.807) is 5.48 Å². The molecule has 0 bridgehead atoms. The van der Waals surface area contributed by atoms with Gasteiger partial charge in [0.25, 0.3) is 0 Å². The minimum absolute atomic E-state index is 0.0213. The lowest BCUT2D eigenvalue weighted by molar-refractivity contribution is -0.253. The van der Waals surface area contributed by atoms with E-state index in [4.69, 9.17) is 14.7 Å². The van der Waals surface area contributed by atoms with Crippen molar-refractivity contribution in [2.75, 3.05) is 31.2 Å². The first-order valence-corrected chi connectivity index (χ1v) is 17.5. The van der Waals surface area contributed by atoms with Crippen molar-refractivity contribution >= 4 is 23.4 Å². The highest BCUT2D eigenvalue weighted by Gasteiger charge is 2.50. The van der Waals surface area contributed by atoms with Gasteiger partial charge in [-0.2, -0.15) is 0 Å². The van der Waals surface area contributed by atoms with Crippen molar-refractivity contribution in [2.24, 2.45) is 0 Å². The second kappa shape index (κ2) is 16.6. The molecule has 3 aromatic rings. The van der Waals surface area contributed by atoms with Crippen LogP contribution in [0.25, 0.3) is 0 Å². The maximum Gasteiger partial charge on any atom is 0.247 e. The number of piperidine rings is 1. The number of para-hydroxylation sites is 1. The molecule has 12 heteroatoms. The highest BCUT2D eigenvalue weighted by atomic mass is 16.7. The molecule has 5 N–H and O–H groups in total. The van der Waals surface area contributed by atoms with Crippen LogP contribution in [-0.2, 0) is 37.0 Å². The Bertz CT molecular complexity index is 1580. The summed E-state index contributed by atoms with van der Waals surface area (Å²) >= 11 is 0. The van der Waals surface area contributed by atoms with E-state index in [-0.39, 0.29) is 37.0 Å². The number of unbranched alkanes of at least 4 members (excludes halogenated alkanes) is 1. The van der Waals surface area contributed by atoms with E-state index in [0.717, 1.165) is 53.9 Å². The summed E-state index contributed by atoms with van der Waals surface area (Å²) in [6, 6.07) is 25.8. The summed E-state index contributed by atoms with van der Waals surface area (Å²) in [7, 11) is 0. The Morgan fingerprint density at radius 2 is 1.52 bits per heavy atom. The summed E-state index contributed by atoms with van der Waals surface area (Å²) in [6.45, 7) is 3.13. The zero-order valence-electron chi connectivity index (χ0n) is 28.3. The third-order valence-electron chi connectivity index (χ3n) is 10.1. The lowest BCUT2D eigenvalue weighted by Crippen LogP contribution is -2.57. The maximum absolute atomic E-state index is 13.2. The molecule has 3 atom stereocenters. The number of anilines is 1. The topological polar surface area (TPSA) is 153 Å². The van der Waals surface area contributed by atoms with Crippen molar-refractivity contribution in [3.63, 3.8) is 0 Å². The summed E-state index contributed by atoms with van der Waals surface area (Å²) in [5, 5.41) is 24.2. The summed E-state index contributed by atoms with van der Waals surface area (Å²) in [4.78, 5) is 41.2. The Kier molecular flexibility index (Phi) is 11.8. The smallest absolute Gasteiger partial charge is 0.247 e. The number of benzene rings is 3. The molecule has 3 aliphatic rings. The number of hydroxylamine groups is 1. The number of carbonyl (C=O) groups excluding carboxylic acids is 3. The van der Waals surface area contributed by atoms with Gasteiger partial charge in [-0.25, -0.2) is 5.48 Å². The van der Waals surface area contributed by atoms with Crippen molar-refractivity contribution in [3.8, 4) is 0 Å². The van der Waals surface area contributed by atoms with E-state index in [1.807, 2.05) is 66.7 Å². The van der Waals surface area contributed by atoms with Gasteiger partial charge in [0.2, 0.25) is 17.7 Å². The van der Waals surface area contributed by atoms with Crippen LogP contribution in [-0.4, -0.2) is 70.9 Å². The van der Waals surface area contributed by atoms with E-state index in [2.05, 4.69) is 32.6 Å². The Morgan fingerprint density at radius 3 is 2.20 bits per heavy atom. The number of nitrogens with one attached hydrogen (secondary N) is 3. The molecular weight excluding hydrogens is 638 g/mol. The fourth-order valence-corrected chi connectivity index (χ4v) is 7.17. The molecule has 3 saturated heterocycles. The average molecular weight is 686 g/mol. The molecule has 12 nitrogen and oxygen atoms in total. The number of aliphatic hydroxyl groups is 1. The zero-order chi connectivity index (χ0) is 34.9. The molecule has 266 valence electrons. The van der Waals surface area contributed by atoms with Crippen molar-refractivity contribution < 1.29 is 34.2 Å². The number of likely N-dealkylation sites (tertiary alicyclic amines) is 1. The van der Waals surface area contributed by atoms with Gasteiger partial charge in [-0.1, -0.05) is 66.7 Å². The molecule has 0 saturated carbocycles. The van der Waals surface area contributed by atoms with Crippen LogP contribution in [0.2, 0.25) is 0 Å². The summed E-state index contributed by atoms with van der Waals surface area (Å²) in [5.41, 5.74) is 5.79. The van der Waals surface area contributed by atoms with Crippen LogP contribution in [0.15, 0.2) is 78.9 Å². The molecule has 0 aliphatic carbocycles. The van der Waals surface area contributed by atoms with E-state index < -0.39 is 17.7 Å². The third kappa shape index (κ3) is 8.51. The first-order valence-electron chi connectivity index (χ1n) is 17.5. The van der Waals surface area contributed by atoms with Crippen molar-refractivity contribution in [1.82, 2.24) is 21.0 Å². The Hall–Kier alpha value is -4.33. The quantitative estimate of drug-likeness (QED) is 0.103. The molecular formula is C38H47N5O7. The fraction of sp³-hybridized carbons (Fsp3) is 0.447. The highest BCUT2D eigenvalue weighted by molar-refractivity contribution is 5.93. The molecule has 50 heavy (non-hydrogen) atoms. The Morgan fingerprint density at radius 1 is 0.860 bits per heavy atom. The second-order valence-corrected chi connectivity index (χ2v) is 13.4. The Balaban J connectivity index is 1.08. The van der Waals surface area contributed by atoms with E-state index in [1.165, 1.54) is 0 Å². The van der Waals surface area contributed by atoms with Crippen LogP contribution in [0.4, 0.5) is 5.69 Å². The van der Waals surface area contributed by atoms with E-state index in [9.17, 15) is 19.5 Å². The lowest BCUT2D eigenvalue weighted by atomic mass is 9.85. The second-order valence-electron chi connectivity index (χ2n) is 13.4. The average Bonchev–Trinajstić information content (AvgIpc) is 3.48. The summed E-state index contributed by atoms with van der Waals surface area (Å²) < 4.78 is 13.2. The standard InChI is InChI=1S/C38H47N5O7/c44-25-28-12-14-29(15-13-28)33-22-32(24-42-20-18-38(19-21-42)37(47)40-26-43(38)31-6-2-1-3-7-31)49-36(50-33)30-16-10-27(11-17-30)23-39-34(45)8-4-5-9-35(46)41-48/h1-3,6-7,10-17,32-33,36,44,48H,4-5,8-9,18-26H2,(H,39,45)(H,40,47)(H,41,46)/t32-,33+,36+/m0/s1. The number of rotatable bonds is 13. The van der Waals surface area contributed by atoms with E-state index >= 15 is 0 Å². The number of aliphatic hydroxyl groups excluding tert-OH is 1. The largest absolute Gasteiger partial charge is 0.392 e. The van der Waals surface area contributed by atoms with Gasteiger partial charge >= 0.3 is 0 Å². The Labute approximate surface area is 292 Å². The van der Waals surface area contributed by atoms with Crippen LogP contribution in [0.3, 0.4) is 0 Å². The first kappa shape index (κ1) is 35.5. The van der Waals surface area contributed by atoms with Crippen LogP contribution >= 0.6 is 0 Å². The van der Waals surface area contributed by atoms with Gasteiger partial charge in [-0.15, -0.1) is 0 Å². The minimum atomic E-state index is -0.596. The lowest BCUT2D eigenvalue weighted by Gasteiger charge is -2.45. The number of nitrogens with zero attached hydrogens (tertiary/aromatic N) is 2. The normalized spacial score (nSPS) is 21.9. The number of ether oxygens (including phenoxy) is 2. The monoisotopic (exact) mass is 685 g/mol. The van der Waals surface area contributed by atoms with E-state index in [0.29, 0.717) is 45.4 Å². The van der Waals surface area contributed by atoms with Gasteiger partial charge < -0.3 is 35.0 Å². The minimum Gasteiger partial charge on any atom is -0.392 e. The van der Waals surface area contributed by atoms with Gasteiger partial charge in [-0.05, 0) is 54.5 Å². The molecule has 0 aromatic heterocycles. The molecule has 3 heterocycles. The number of amides is 3. The molecule has 0 radical (unpaired) electrons. The van der Waals surface area contributed by atoms with Crippen molar-refractivity contribution in [2.45, 2.75) is 82.1 Å². The predicted octanol–water partition coefficient (Wildman–Crippen LogP) is 3.83. The molecule has 3 aromatic carbocycles. The van der Waals surface area contributed by atoms with Gasteiger partial charge in [-0.3, -0.25) is 19.6 Å².